The maximum absolute atomic E-state index is 15.1. The Bertz CT molecular complexity index is 1500. The largest absolute Gasteiger partial charge is 0.416 e. The van der Waals surface area contributed by atoms with Crippen LogP contribution in [0.25, 0.3) is 22.4 Å². The number of aromatic amines is 1. The molecule has 0 radical (unpaired) electrons. The zero-order valence-corrected chi connectivity index (χ0v) is 20.1. The summed E-state index contributed by atoms with van der Waals surface area (Å²) in [6, 6.07) is 2.40. The Kier molecular flexibility index (Phi) is 5.66. The van der Waals surface area contributed by atoms with E-state index in [1.54, 1.807) is 13.8 Å². The number of nitrogens with zero attached hydrogens (tertiary/aromatic N) is 6. The fourth-order valence-corrected chi connectivity index (χ4v) is 4.56. The first-order chi connectivity index (χ1) is 17.7. The van der Waals surface area contributed by atoms with Crippen LogP contribution in [0.2, 0.25) is 0 Å². The van der Waals surface area contributed by atoms with Crippen LogP contribution in [0.5, 0.6) is 0 Å². The lowest BCUT2D eigenvalue weighted by Gasteiger charge is -2.27. The first-order valence-corrected chi connectivity index (χ1v) is 12.1. The SMILES string of the molecule is Cc1nc2nc(C3CCOC(c4nc(C5CC5)n[nH]4)C3)nc(-c3ccc(C(F)(F)F)cc3F)c2nc1C. The fraction of sp³-hybridized carbons (Fsp3) is 0.440. The van der Waals surface area contributed by atoms with Gasteiger partial charge in [0.1, 0.15) is 29.0 Å². The van der Waals surface area contributed by atoms with Crippen molar-refractivity contribution in [2.75, 3.05) is 6.61 Å². The zero-order chi connectivity index (χ0) is 25.9. The summed E-state index contributed by atoms with van der Waals surface area (Å²) in [7, 11) is 0. The molecule has 2 unspecified atom stereocenters. The summed E-state index contributed by atoms with van der Waals surface area (Å²) in [5.74, 6) is 1.04. The second-order valence-corrected chi connectivity index (χ2v) is 9.62. The molecule has 2 aliphatic rings. The summed E-state index contributed by atoms with van der Waals surface area (Å²) < 4.78 is 60.4. The molecule has 0 amide bonds. The molecule has 1 aromatic carbocycles. The third kappa shape index (κ3) is 4.54. The molecule has 8 nitrogen and oxygen atoms in total. The number of aromatic nitrogens is 7. The predicted molar refractivity (Wildman–Crippen MR) is 124 cm³/mol. The molecule has 1 aliphatic heterocycles. The van der Waals surface area contributed by atoms with E-state index in [-0.39, 0.29) is 34.4 Å². The van der Waals surface area contributed by atoms with Crippen molar-refractivity contribution < 1.29 is 22.3 Å². The Balaban J connectivity index is 1.41. The normalized spacial score (nSPS) is 20.5. The molecule has 1 N–H and O–H groups in total. The highest BCUT2D eigenvalue weighted by molar-refractivity contribution is 5.87. The van der Waals surface area contributed by atoms with Gasteiger partial charge in [-0.1, -0.05) is 0 Å². The number of hydrogen-bond acceptors (Lipinski definition) is 7. The number of rotatable bonds is 4. The standard InChI is InChI=1S/C25H23F4N7O/c1-11-12(2)31-24-20(30-11)19(16-6-5-15(10-17(16)26)25(27,28)29)32-21(33-24)14-7-8-37-18(9-14)23-34-22(35-36-23)13-3-4-13/h5-6,10,13-14,18H,3-4,7-9H2,1-2H3,(H,34,35,36). The molecule has 6 rings (SSSR count). The van der Waals surface area contributed by atoms with Crippen LogP contribution >= 0.6 is 0 Å². The number of alkyl halides is 3. The highest BCUT2D eigenvalue weighted by atomic mass is 19.4. The Hall–Kier alpha value is -3.54. The maximum atomic E-state index is 15.1. The van der Waals surface area contributed by atoms with Crippen LogP contribution < -0.4 is 0 Å². The molecular weight excluding hydrogens is 490 g/mol. The Labute approximate surface area is 209 Å². The molecular formula is C25H23F4N7O. The van der Waals surface area contributed by atoms with Gasteiger partial charge in [-0.2, -0.15) is 18.3 Å². The molecule has 1 aliphatic carbocycles. The summed E-state index contributed by atoms with van der Waals surface area (Å²) in [6.07, 6.45) is -1.71. The number of benzene rings is 1. The van der Waals surface area contributed by atoms with E-state index in [9.17, 15) is 13.2 Å². The van der Waals surface area contributed by atoms with E-state index >= 15 is 4.39 Å². The second-order valence-electron chi connectivity index (χ2n) is 9.62. The van der Waals surface area contributed by atoms with E-state index in [2.05, 4.69) is 35.1 Å². The van der Waals surface area contributed by atoms with Gasteiger partial charge in [0.05, 0.1) is 17.0 Å². The smallest absolute Gasteiger partial charge is 0.370 e. The molecule has 2 atom stereocenters. The van der Waals surface area contributed by atoms with E-state index in [4.69, 9.17) is 4.74 Å². The van der Waals surface area contributed by atoms with Gasteiger partial charge in [-0.3, -0.25) is 5.10 Å². The average Bonchev–Trinajstić information content (AvgIpc) is 3.60. The van der Waals surface area contributed by atoms with Crippen LogP contribution in [0.15, 0.2) is 18.2 Å². The molecule has 2 fully saturated rings. The van der Waals surface area contributed by atoms with Crippen molar-refractivity contribution in [2.45, 2.75) is 63.6 Å². The summed E-state index contributed by atoms with van der Waals surface area (Å²) in [6.45, 7) is 3.96. The lowest BCUT2D eigenvalue weighted by molar-refractivity contribution is -0.137. The number of H-pyrrole nitrogens is 1. The van der Waals surface area contributed by atoms with Crippen molar-refractivity contribution in [3.05, 3.63) is 58.4 Å². The van der Waals surface area contributed by atoms with E-state index in [1.807, 2.05) is 0 Å². The van der Waals surface area contributed by atoms with Crippen LogP contribution in [-0.2, 0) is 10.9 Å². The Morgan fingerprint density at radius 3 is 2.43 bits per heavy atom. The van der Waals surface area contributed by atoms with Gasteiger partial charge >= 0.3 is 6.18 Å². The first-order valence-electron chi connectivity index (χ1n) is 12.1. The number of ether oxygens (including phenoxy) is 1. The van der Waals surface area contributed by atoms with Crippen molar-refractivity contribution in [3.8, 4) is 11.3 Å². The van der Waals surface area contributed by atoms with Crippen molar-refractivity contribution in [1.29, 1.82) is 0 Å². The van der Waals surface area contributed by atoms with Gasteiger partial charge in [-0.05, 0) is 57.7 Å². The van der Waals surface area contributed by atoms with Gasteiger partial charge < -0.3 is 4.74 Å². The molecule has 192 valence electrons. The Morgan fingerprint density at radius 1 is 0.919 bits per heavy atom. The zero-order valence-electron chi connectivity index (χ0n) is 20.1. The van der Waals surface area contributed by atoms with Crippen LogP contribution in [-0.4, -0.2) is 41.7 Å². The van der Waals surface area contributed by atoms with E-state index in [0.29, 0.717) is 54.5 Å². The number of halogens is 4. The van der Waals surface area contributed by atoms with E-state index < -0.39 is 17.6 Å². The average molecular weight is 513 g/mol. The maximum Gasteiger partial charge on any atom is 0.416 e. The molecule has 12 heteroatoms. The molecule has 4 heterocycles. The molecule has 1 saturated heterocycles. The highest BCUT2D eigenvalue weighted by Gasteiger charge is 2.34. The number of hydrogen-bond donors (Lipinski definition) is 1. The summed E-state index contributed by atoms with van der Waals surface area (Å²) >= 11 is 0. The second kappa shape index (κ2) is 8.79. The number of nitrogens with one attached hydrogen (secondary N) is 1. The van der Waals surface area contributed by atoms with Crippen molar-refractivity contribution >= 4 is 11.2 Å². The molecule has 4 aromatic rings. The van der Waals surface area contributed by atoms with Gasteiger partial charge in [0.15, 0.2) is 17.3 Å². The molecule has 0 spiro atoms. The first kappa shape index (κ1) is 23.8. The summed E-state index contributed by atoms with van der Waals surface area (Å²) in [5, 5.41) is 7.29. The monoisotopic (exact) mass is 513 g/mol. The lowest BCUT2D eigenvalue weighted by atomic mass is 9.94. The topological polar surface area (TPSA) is 102 Å². The molecule has 3 aromatic heterocycles. The fourth-order valence-electron chi connectivity index (χ4n) is 4.56. The van der Waals surface area contributed by atoms with Crippen LogP contribution in [0, 0.1) is 19.7 Å². The quantitative estimate of drug-likeness (QED) is 0.360. The minimum Gasteiger partial charge on any atom is -0.370 e. The summed E-state index contributed by atoms with van der Waals surface area (Å²) in [5.41, 5.74) is 0.693. The highest BCUT2D eigenvalue weighted by Crippen LogP contribution is 2.41. The third-order valence-corrected chi connectivity index (χ3v) is 6.93. The lowest BCUT2D eigenvalue weighted by Crippen LogP contribution is -2.21. The van der Waals surface area contributed by atoms with Gasteiger partial charge in [0.25, 0.3) is 0 Å². The van der Waals surface area contributed by atoms with Gasteiger partial charge in [0, 0.05) is 24.0 Å². The Morgan fingerprint density at radius 2 is 1.70 bits per heavy atom. The van der Waals surface area contributed by atoms with Crippen LogP contribution in [0.3, 0.4) is 0 Å². The van der Waals surface area contributed by atoms with Gasteiger partial charge in [-0.25, -0.2) is 29.3 Å². The minimum atomic E-state index is -4.66. The number of fused-ring (bicyclic) bond motifs is 1. The van der Waals surface area contributed by atoms with Crippen molar-refractivity contribution in [2.24, 2.45) is 0 Å². The molecule has 1 saturated carbocycles. The van der Waals surface area contributed by atoms with Gasteiger partial charge in [0.2, 0.25) is 0 Å². The minimum absolute atomic E-state index is 0.0906. The molecule has 37 heavy (non-hydrogen) atoms. The van der Waals surface area contributed by atoms with Crippen molar-refractivity contribution in [3.63, 3.8) is 0 Å². The third-order valence-electron chi connectivity index (χ3n) is 6.93. The van der Waals surface area contributed by atoms with Crippen LogP contribution in [0.1, 0.15) is 78.0 Å². The van der Waals surface area contributed by atoms with E-state index in [1.165, 1.54) is 0 Å². The molecule has 0 bridgehead atoms. The predicted octanol–water partition coefficient (Wildman–Crippen LogP) is 5.49. The van der Waals surface area contributed by atoms with Crippen LogP contribution in [0.4, 0.5) is 17.6 Å². The summed E-state index contributed by atoms with van der Waals surface area (Å²) in [4.78, 5) is 23.0. The van der Waals surface area contributed by atoms with E-state index in [0.717, 1.165) is 30.8 Å². The van der Waals surface area contributed by atoms with Gasteiger partial charge in [-0.15, -0.1) is 0 Å². The number of aryl methyl sites for hydroxylation is 2. The van der Waals surface area contributed by atoms with Crippen molar-refractivity contribution in [1.82, 2.24) is 35.1 Å².